The van der Waals surface area contributed by atoms with Crippen molar-refractivity contribution in [1.29, 1.82) is 0 Å². The van der Waals surface area contributed by atoms with Crippen molar-refractivity contribution in [1.82, 2.24) is 4.98 Å². The number of ether oxygens (including phenoxy) is 1. The van der Waals surface area contributed by atoms with Gasteiger partial charge in [0.05, 0.1) is 6.61 Å². The first kappa shape index (κ1) is 13.3. The molecule has 0 aliphatic carbocycles. The van der Waals surface area contributed by atoms with E-state index in [-0.39, 0.29) is 5.97 Å². The molecule has 0 atom stereocenters. The molecule has 3 heteroatoms. The summed E-state index contributed by atoms with van der Waals surface area (Å²) >= 11 is 0. The van der Waals surface area contributed by atoms with Crippen LogP contribution in [0.4, 0.5) is 0 Å². The van der Waals surface area contributed by atoms with E-state index in [4.69, 9.17) is 4.74 Å². The Bertz CT molecular complexity index is 605. The van der Waals surface area contributed by atoms with Crippen LogP contribution in [-0.2, 0) is 4.74 Å². The number of nitrogens with zero attached hydrogens (tertiary/aromatic N) is 1. The Morgan fingerprint density at radius 2 is 1.84 bits per heavy atom. The predicted molar refractivity (Wildman–Crippen MR) is 75.1 cm³/mol. The molecule has 2 aromatic rings. The smallest absolute Gasteiger partial charge is 0.356 e. The Morgan fingerprint density at radius 3 is 2.53 bits per heavy atom. The first-order chi connectivity index (χ1) is 9.11. The number of hydrogen-bond donors (Lipinski definition) is 0. The Balaban J connectivity index is 2.37. The summed E-state index contributed by atoms with van der Waals surface area (Å²) in [5.74, 6) is -0.381. The number of benzene rings is 1. The van der Waals surface area contributed by atoms with Crippen LogP contribution in [0.5, 0.6) is 0 Å². The molecular formula is C16H17NO2. The fraction of sp³-hybridized carbons (Fsp3) is 0.250. The minimum atomic E-state index is -0.381. The molecule has 0 radical (unpaired) electrons. The highest BCUT2D eigenvalue weighted by molar-refractivity contribution is 5.88. The molecule has 0 bridgehead atoms. The van der Waals surface area contributed by atoms with Crippen LogP contribution >= 0.6 is 0 Å². The van der Waals surface area contributed by atoms with Gasteiger partial charge in [0.25, 0.3) is 0 Å². The topological polar surface area (TPSA) is 39.2 Å². The monoisotopic (exact) mass is 255 g/mol. The summed E-state index contributed by atoms with van der Waals surface area (Å²) in [5, 5.41) is 0. The highest BCUT2D eigenvalue weighted by atomic mass is 16.5. The maximum atomic E-state index is 11.7. The molecule has 1 aromatic heterocycles. The first-order valence-corrected chi connectivity index (χ1v) is 6.32. The van der Waals surface area contributed by atoms with Crippen LogP contribution in [0.3, 0.4) is 0 Å². The Hall–Kier alpha value is -2.16. The summed E-state index contributed by atoms with van der Waals surface area (Å²) in [5.41, 5.74) is 4.88. The lowest BCUT2D eigenvalue weighted by Crippen LogP contribution is -2.06. The summed E-state index contributed by atoms with van der Waals surface area (Å²) in [7, 11) is 0. The lowest BCUT2D eigenvalue weighted by molar-refractivity contribution is 0.0519. The molecule has 1 heterocycles. The van der Waals surface area contributed by atoms with Gasteiger partial charge in [-0.1, -0.05) is 18.2 Å². The zero-order valence-electron chi connectivity index (χ0n) is 11.4. The number of carbonyl (C=O) groups excluding carboxylic acids is 1. The third-order valence-electron chi connectivity index (χ3n) is 3.08. The van der Waals surface area contributed by atoms with Gasteiger partial charge in [-0.2, -0.15) is 0 Å². The standard InChI is InChI=1S/C16H17NO2/c1-4-19-16(18)15-10-14(7-8-17-15)13-6-5-11(2)12(3)9-13/h5-10H,4H2,1-3H3. The highest BCUT2D eigenvalue weighted by Gasteiger charge is 2.09. The van der Waals surface area contributed by atoms with Crippen LogP contribution in [0.15, 0.2) is 36.5 Å². The van der Waals surface area contributed by atoms with Gasteiger partial charge in [0.1, 0.15) is 5.69 Å². The molecule has 0 N–H and O–H groups in total. The van der Waals surface area contributed by atoms with Gasteiger partial charge in [0.2, 0.25) is 0 Å². The summed E-state index contributed by atoms with van der Waals surface area (Å²) in [6.07, 6.45) is 1.64. The van der Waals surface area contributed by atoms with Gasteiger partial charge >= 0.3 is 5.97 Å². The molecule has 0 amide bonds. The van der Waals surface area contributed by atoms with Gasteiger partial charge < -0.3 is 4.74 Å². The zero-order valence-corrected chi connectivity index (χ0v) is 11.4. The van der Waals surface area contributed by atoms with Gasteiger partial charge in [-0.15, -0.1) is 0 Å². The van der Waals surface area contributed by atoms with E-state index >= 15 is 0 Å². The van der Waals surface area contributed by atoms with Crippen LogP contribution in [-0.4, -0.2) is 17.6 Å². The molecule has 98 valence electrons. The van der Waals surface area contributed by atoms with E-state index in [0.29, 0.717) is 12.3 Å². The van der Waals surface area contributed by atoms with Crippen molar-refractivity contribution in [3.8, 4) is 11.1 Å². The second-order valence-corrected chi connectivity index (χ2v) is 4.45. The fourth-order valence-electron chi connectivity index (χ4n) is 1.85. The molecule has 2 rings (SSSR count). The summed E-state index contributed by atoms with van der Waals surface area (Å²) < 4.78 is 4.96. The molecule has 0 fully saturated rings. The van der Waals surface area contributed by atoms with E-state index in [9.17, 15) is 4.79 Å². The van der Waals surface area contributed by atoms with Gasteiger partial charge in [0, 0.05) is 6.20 Å². The van der Waals surface area contributed by atoms with Crippen molar-refractivity contribution in [2.75, 3.05) is 6.61 Å². The van der Waals surface area contributed by atoms with Crippen molar-refractivity contribution in [2.24, 2.45) is 0 Å². The van der Waals surface area contributed by atoms with Crippen molar-refractivity contribution < 1.29 is 9.53 Å². The van der Waals surface area contributed by atoms with E-state index < -0.39 is 0 Å². The molecule has 0 aliphatic rings. The Labute approximate surface area is 113 Å². The summed E-state index contributed by atoms with van der Waals surface area (Å²) in [4.78, 5) is 15.7. The highest BCUT2D eigenvalue weighted by Crippen LogP contribution is 2.22. The molecular weight excluding hydrogens is 238 g/mol. The minimum absolute atomic E-state index is 0.345. The van der Waals surface area contributed by atoms with Crippen LogP contribution in [0, 0.1) is 13.8 Å². The Morgan fingerprint density at radius 1 is 1.11 bits per heavy atom. The first-order valence-electron chi connectivity index (χ1n) is 6.32. The normalized spacial score (nSPS) is 10.3. The molecule has 0 aliphatic heterocycles. The van der Waals surface area contributed by atoms with Crippen molar-refractivity contribution in [2.45, 2.75) is 20.8 Å². The number of hydrogen-bond acceptors (Lipinski definition) is 3. The number of aromatic nitrogens is 1. The molecule has 0 spiro atoms. The third-order valence-corrected chi connectivity index (χ3v) is 3.08. The van der Waals surface area contributed by atoms with Crippen LogP contribution < -0.4 is 0 Å². The maximum absolute atomic E-state index is 11.7. The summed E-state index contributed by atoms with van der Waals surface area (Å²) in [6.45, 7) is 6.29. The van der Waals surface area contributed by atoms with E-state index in [2.05, 4.69) is 31.0 Å². The zero-order chi connectivity index (χ0) is 13.8. The summed E-state index contributed by atoms with van der Waals surface area (Å²) in [6, 6.07) is 9.90. The largest absolute Gasteiger partial charge is 0.461 e. The minimum Gasteiger partial charge on any atom is -0.461 e. The van der Waals surface area contributed by atoms with Gasteiger partial charge in [-0.05, 0) is 55.2 Å². The van der Waals surface area contributed by atoms with E-state index in [0.717, 1.165) is 11.1 Å². The number of esters is 1. The average Bonchev–Trinajstić information content (AvgIpc) is 2.42. The average molecular weight is 255 g/mol. The number of rotatable bonds is 3. The Kier molecular flexibility index (Phi) is 3.95. The fourth-order valence-corrected chi connectivity index (χ4v) is 1.85. The molecule has 0 unspecified atom stereocenters. The SMILES string of the molecule is CCOC(=O)c1cc(-c2ccc(C)c(C)c2)ccn1. The van der Waals surface area contributed by atoms with E-state index in [1.54, 1.807) is 19.2 Å². The molecule has 0 saturated carbocycles. The van der Waals surface area contributed by atoms with E-state index in [1.807, 2.05) is 12.1 Å². The lowest BCUT2D eigenvalue weighted by Gasteiger charge is -2.07. The number of pyridine rings is 1. The van der Waals surface area contributed by atoms with Crippen molar-refractivity contribution >= 4 is 5.97 Å². The second kappa shape index (κ2) is 5.65. The number of carbonyl (C=O) groups is 1. The second-order valence-electron chi connectivity index (χ2n) is 4.45. The lowest BCUT2D eigenvalue weighted by atomic mass is 10.0. The maximum Gasteiger partial charge on any atom is 0.356 e. The van der Waals surface area contributed by atoms with Crippen molar-refractivity contribution in [3.05, 3.63) is 53.3 Å². The molecule has 0 saturated heterocycles. The molecule has 3 nitrogen and oxygen atoms in total. The molecule has 19 heavy (non-hydrogen) atoms. The number of aryl methyl sites for hydroxylation is 2. The van der Waals surface area contributed by atoms with Crippen LogP contribution in [0.1, 0.15) is 28.5 Å². The molecule has 1 aromatic carbocycles. The predicted octanol–water partition coefficient (Wildman–Crippen LogP) is 3.54. The van der Waals surface area contributed by atoms with Crippen LogP contribution in [0.2, 0.25) is 0 Å². The van der Waals surface area contributed by atoms with Gasteiger partial charge in [0.15, 0.2) is 0 Å². The van der Waals surface area contributed by atoms with Gasteiger partial charge in [-0.3, -0.25) is 0 Å². The third kappa shape index (κ3) is 2.99. The van der Waals surface area contributed by atoms with Gasteiger partial charge in [-0.25, -0.2) is 9.78 Å². The quantitative estimate of drug-likeness (QED) is 0.787. The van der Waals surface area contributed by atoms with Crippen LogP contribution in [0.25, 0.3) is 11.1 Å². The van der Waals surface area contributed by atoms with Crippen molar-refractivity contribution in [3.63, 3.8) is 0 Å². The van der Waals surface area contributed by atoms with E-state index in [1.165, 1.54) is 11.1 Å².